The van der Waals surface area contributed by atoms with E-state index >= 15 is 0 Å². The van der Waals surface area contributed by atoms with Gasteiger partial charge in [0.2, 0.25) is 5.91 Å². The Morgan fingerprint density at radius 1 is 1.73 bits per heavy atom. The zero-order valence-electron chi connectivity index (χ0n) is 9.01. The van der Waals surface area contributed by atoms with Crippen LogP contribution in [0.5, 0.6) is 0 Å². The van der Waals surface area contributed by atoms with Crippen molar-refractivity contribution < 1.29 is 4.79 Å². The number of carbonyl (C=O) groups is 1. The standard InChI is InChI=1S/C10H16ClN3O/c1-3-4-8-5-9(14-13-8)12-10(15)7(2)6-11/h5,7H,3-4,6H2,1-2H3,(H2,12,13,14,15). The molecule has 0 aromatic carbocycles. The summed E-state index contributed by atoms with van der Waals surface area (Å²) in [4.78, 5) is 11.5. The first-order chi connectivity index (χ1) is 7.17. The van der Waals surface area contributed by atoms with Gasteiger partial charge in [-0.3, -0.25) is 9.89 Å². The fourth-order valence-corrected chi connectivity index (χ4v) is 1.28. The van der Waals surface area contributed by atoms with Crippen LogP contribution >= 0.6 is 11.6 Å². The first-order valence-corrected chi connectivity index (χ1v) is 5.62. The number of alkyl halides is 1. The Morgan fingerprint density at radius 3 is 3.07 bits per heavy atom. The number of aromatic amines is 1. The van der Waals surface area contributed by atoms with Gasteiger partial charge in [0, 0.05) is 23.6 Å². The third-order valence-electron chi connectivity index (χ3n) is 2.08. The summed E-state index contributed by atoms with van der Waals surface area (Å²) in [6.07, 6.45) is 1.99. The first-order valence-electron chi connectivity index (χ1n) is 5.08. The number of aromatic nitrogens is 2. The number of H-pyrrole nitrogens is 1. The Hall–Kier alpha value is -1.03. The van der Waals surface area contributed by atoms with Gasteiger partial charge >= 0.3 is 0 Å². The van der Waals surface area contributed by atoms with Crippen LogP contribution in [-0.2, 0) is 11.2 Å². The largest absolute Gasteiger partial charge is 0.309 e. The van der Waals surface area contributed by atoms with Crippen molar-refractivity contribution in [2.45, 2.75) is 26.7 Å². The van der Waals surface area contributed by atoms with Gasteiger partial charge in [0.05, 0.1) is 0 Å². The number of nitrogens with zero attached hydrogens (tertiary/aromatic N) is 1. The van der Waals surface area contributed by atoms with Gasteiger partial charge in [0.25, 0.3) is 0 Å². The predicted molar refractivity (Wildman–Crippen MR) is 61.1 cm³/mol. The summed E-state index contributed by atoms with van der Waals surface area (Å²) < 4.78 is 0. The van der Waals surface area contributed by atoms with Gasteiger partial charge in [-0.25, -0.2) is 0 Å². The molecule has 84 valence electrons. The van der Waals surface area contributed by atoms with E-state index in [2.05, 4.69) is 22.4 Å². The number of hydrogen-bond acceptors (Lipinski definition) is 2. The Labute approximate surface area is 94.4 Å². The molecule has 0 saturated carbocycles. The molecular weight excluding hydrogens is 214 g/mol. The minimum absolute atomic E-state index is 0.0976. The lowest BCUT2D eigenvalue weighted by Gasteiger charge is -2.05. The lowest BCUT2D eigenvalue weighted by atomic mass is 10.2. The summed E-state index contributed by atoms with van der Waals surface area (Å²) in [5.74, 6) is 0.593. The van der Waals surface area contributed by atoms with E-state index < -0.39 is 0 Å². The van der Waals surface area contributed by atoms with E-state index in [1.54, 1.807) is 6.92 Å². The highest BCUT2D eigenvalue weighted by atomic mass is 35.5. The molecule has 0 fully saturated rings. The van der Waals surface area contributed by atoms with Gasteiger partial charge < -0.3 is 5.32 Å². The summed E-state index contributed by atoms with van der Waals surface area (Å²) in [6.45, 7) is 3.87. The molecule has 1 unspecified atom stereocenters. The molecule has 0 bridgehead atoms. The minimum Gasteiger partial charge on any atom is -0.309 e. The molecule has 15 heavy (non-hydrogen) atoms. The van der Waals surface area contributed by atoms with Crippen LogP contribution in [0.15, 0.2) is 6.07 Å². The number of halogens is 1. The van der Waals surface area contributed by atoms with Crippen LogP contribution in [0.2, 0.25) is 0 Å². The number of anilines is 1. The van der Waals surface area contributed by atoms with E-state index in [4.69, 9.17) is 11.6 Å². The molecule has 4 nitrogen and oxygen atoms in total. The van der Waals surface area contributed by atoms with Crippen molar-refractivity contribution >= 4 is 23.3 Å². The molecule has 0 aliphatic rings. The normalized spacial score (nSPS) is 12.5. The molecule has 0 saturated heterocycles. The Morgan fingerprint density at radius 2 is 2.47 bits per heavy atom. The quantitative estimate of drug-likeness (QED) is 0.761. The molecule has 5 heteroatoms. The highest BCUT2D eigenvalue weighted by molar-refractivity contribution is 6.19. The van der Waals surface area contributed by atoms with Crippen molar-refractivity contribution in [1.82, 2.24) is 10.2 Å². The fourth-order valence-electron chi connectivity index (χ4n) is 1.14. The zero-order valence-corrected chi connectivity index (χ0v) is 9.77. The maximum absolute atomic E-state index is 11.5. The van der Waals surface area contributed by atoms with E-state index in [-0.39, 0.29) is 11.8 Å². The number of rotatable bonds is 5. The zero-order chi connectivity index (χ0) is 11.3. The molecule has 0 spiro atoms. The minimum atomic E-state index is -0.196. The molecule has 1 aromatic heterocycles. The fraction of sp³-hybridized carbons (Fsp3) is 0.600. The van der Waals surface area contributed by atoms with Crippen LogP contribution in [0.1, 0.15) is 26.0 Å². The van der Waals surface area contributed by atoms with Crippen LogP contribution in [0.3, 0.4) is 0 Å². The van der Waals surface area contributed by atoms with Crippen LogP contribution in [0, 0.1) is 5.92 Å². The van der Waals surface area contributed by atoms with Crippen molar-refractivity contribution in [3.8, 4) is 0 Å². The summed E-state index contributed by atoms with van der Waals surface area (Å²) >= 11 is 5.58. The molecule has 0 radical (unpaired) electrons. The monoisotopic (exact) mass is 229 g/mol. The predicted octanol–water partition coefficient (Wildman–Crippen LogP) is 2.18. The first kappa shape index (κ1) is 12.0. The molecule has 2 N–H and O–H groups in total. The topological polar surface area (TPSA) is 57.8 Å². The second-order valence-electron chi connectivity index (χ2n) is 3.57. The van der Waals surface area contributed by atoms with Gasteiger partial charge in [-0.05, 0) is 6.42 Å². The van der Waals surface area contributed by atoms with Crippen LogP contribution in [-0.4, -0.2) is 22.0 Å². The van der Waals surface area contributed by atoms with Gasteiger partial charge in [0.15, 0.2) is 5.82 Å². The van der Waals surface area contributed by atoms with E-state index in [0.29, 0.717) is 11.7 Å². The van der Waals surface area contributed by atoms with Gasteiger partial charge in [-0.2, -0.15) is 5.10 Å². The third kappa shape index (κ3) is 3.55. The van der Waals surface area contributed by atoms with Crippen molar-refractivity contribution in [1.29, 1.82) is 0 Å². The molecule has 1 aromatic rings. The average Bonchev–Trinajstić information content (AvgIpc) is 2.65. The summed E-state index contributed by atoms with van der Waals surface area (Å²) in [5.41, 5.74) is 1.03. The number of amides is 1. The van der Waals surface area contributed by atoms with Crippen molar-refractivity contribution in [2.24, 2.45) is 5.92 Å². The van der Waals surface area contributed by atoms with E-state index in [9.17, 15) is 4.79 Å². The molecule has 1 rings (SSSR count). The number of hydrogen-bond donors (Lipinski definition) is 2. The molecule has 1 heterocycles. The number of aryl methyl sites for hydroxylation is 1. The van der Waals surface area contributed by atoms with Crippen molar-refractivity contribution in [3.63, 3.8) is 0 Å². The summed E-state index contributed by atoms with van der Waals surface area (Å²) in [7, 11) is 0. The SMILES string of the molecule is CCCc1cc(NC(=O)C(C)CCl)n[nH]1. The van der Waals surface area contributed by atoms with Gasteiger partial charge in [-0.15, -0.1) is 11.6 Å². The van der Waals surface area contributed by atoms with Crippen LogP contribution in [0.4, 0.5) is 5.82 Å². The van der Waals surface area contributed by atoms with Crippen LogP contribution in [0.25, 0.3) is 0 Å². The van der Waals surface area contributed by atoms with E-state index in [1.807, 2.05) is 6.07 Å². The molecule has 1 atom stereocenters. The van der Waals surface area contributed by atoms with Crippen LogP contribution < -0.4 is 5.32 Å². The van der Waals surface area contributed by atoms with Gasteiger partial charge in [0.1, 0.15) is 0 Å². The summed E-state index contributed by atoms with van der Waals surface area (Å²) in [6, 6.07) is 1.85. The molecule has 0 aliphatic carbocycles. The number of nitrogens with one attached hydrogen (secondary N) is 2. The van der Waals surface area contributed by atoms with E-state index in [0.717, 1.165) is 18.5 Å². The maximum atomic E-state index is 11.5. The van der Waals surface area contributed by atoms with Crippen molar-refractivity contribution in [2.75, 3.05) is 11.2 Å². The summed E-state index contributed by atoms with van der Waals surface area (Å²) in [5, 5.41) is 9.57. The third-order valence-corrected chi connectivity index (χ3v) is 2.54. The Balaban J connectivity index is 2.53. The molecular formula is C10H16ClN3O. The highest BCUT2D eigenvalue weighted by Crippen LogP contribution is 2.09. The van der Waals surface area contributed by atoms with E-state index in [1.165, 1.54) is 0 Å². The molecule has 0 aliphatic heterocycles. The Bertz CT molecular complexity index is 324. The lowest BCUT2D eigenvalue weighted by molar-refractivity contribution is -0.118. The average molecular weight is 230 g/mol. The Kier molecular flexibility index (Phi) is 4.62. The highest BCUT2D eigenvalue weighted by Gasteiger charge is 2.12. The number of carbonyl (C=O) groups excluding carboxylic acids is 1. The second kappa shape index (κ2) is 5.75. The van der Waals surface area contributed by atoms with Gasteiger partial charge in [-0.1, -0.05) is 20.3 Å². The molecule has 1 amide bonds. The maximum Gasteiger partial charge on any atom is 0.229 e. The van der Waals surface area contributed by atoms with Crippen molar-refractivity contribution in [3.05, 3.63) is 11.8 Å². The smallest absolute Gasteiger partial charge is 0.229 e. The second-order valence-corrected chi connectivity index (χ2v) is 3.88. The lowest BCUT2D eigenvalue weighted by Crippen LogP contribution is -2.21.